The third kappa shape index (κ3) is 10.5. The van der Waals surface area contributed by atoms with Gasteiger partial charge in [0.25, 0.3) is 0 Å². The number of amidine groups is 1. The van der Waals surface area contributed by atoms with E-state index in [1.54, 1.807) is 24.4 Å². The van der Waals surface area contributed by atoms with Crippen molar-refractivity contribution in [1.82, 2.24) is 10.3 Å². The Hall–Kier alpha value is -5.04. The second-order valence-corrected chi connectivity index (χ2v) is 14.9. The first-order chi connectivity index (χ1) is 25.5. The Labute approximate surface area is 309 Å². The molecule has 280 valence electrons. The van der Waals surface area contributed by atoms with E-state index >= 15 is 4.39 Å². The smallest absolute Gasteiger partial charge is 0.407 e. The number of benzene rings is 2. The molecule has 1 aliphatic carbocycles. The molecule has 53 heavy (non-hydrogen) atoms. The Morgan fingerprint density at radius 2 is 1.72 bits per heavy atom. The lowest BCUT2D eigenvalue weighted by Crippen LogP contribution is -2.37. The molecule has 2 fully saturated rings. The zero-order valence-electron chi connectivity index (χ0n) is 30.6. The van der Waals surface area contributed by atoms with Gasteiger partial charge in [-0.1, -0.05) is 12.1 Å². The Kier molecular flexibility index (Phi) is 12.2. The molecule has 3 heterocycles. The molecule has 2 aliphatic heterocycles. The Morgan fingerprint density at radius 3 is 2.36 bits per heavy atom. The van der Waals surface area contributed by atoms with Crippen LogP contribution >= 0.6 is 0 Å². The van der Waals surface area contributed by atoms with Crippen LogP contribution in [0.1, 0.15) is 64.0 Å². The first-order valence-electron chi connectivity index (χ1n) is 18.4. The minimum atomic E-state index is -0.721. The van der Waals surface area contributed by atoms with E-state index in [2.05, 4.69) is 35.7 Å². The molecule has 0 unspecified atom stereocenters. The fraction of sp³-hybridized carbons (Fsp3) is 0.475. The van der Waals surface area contributed by atoms with E-state index in [-0.39, 0.29) is 36.4 Å². The van der Waals surface area contributed by atoms with Crippen LogP contribution in [-0.2, 0) is 25.5 Å². The zero-order chi connectivity index (χ0) is 37.4. The summed E-state index contributed by atoms with van der Waals surface area (Å²) in [6.07, 6.45) is 4.38. The average molecular weight is 726 g/mol. The van der Waals surface area contributed by atoms with Gasteiger partial charge in [0.15, 0.2) is 12.5 Å². The molecule has 1 saturated heterocycles. The summed E-state index contributed by atoms with van der Waals surface area (Å²) in [5, 5.41) is 13.7. The molecule has 1 saturated carbocycles. The number of hydrogen-bond acceptors (Lipinski definition) is 10. The highest BCUT2D eigenvalue weighted by Gasteiger charge is 2.31. The van der Waals surface area contributed by atoms with Crippen molar-refractivity contribution < 1.29 is 28.2 Å². The van der Waals surface area contributed by atoms with Gasteiger partial charge in [-0.25, -0.2) is 19.2 Å². The lowest BCUT2D eigenvalue weighted by Gasteiger charge is -2.29. The standard InChI is InChI=1S/C40H48FN7O5/c1-40(2,3)53-39(51)43-23-26-4-7-28(8-5-26)35(49)22-31(38(50)46-32-12-9-29(10-13-32)37-44-25-45-47-37)20-27-6-14-33(34(41)21-27)30-11-15-36(42-24-30)48-16-18-52-19-17-48/h6,9-15,21,24,26,28,31H,4-5,7-8,16-20,22-23,25H2,1-3H3,(H,43,51)(H,46,50)/t26?,28?,31-/m1/s1. The van der Waals surface area contributed by atoms with Gasteiger partial charge in [-0.2, -0.15) is 5.11 Å². The molecule has 0 radical (unpaired) electrons. The highest BCUT2D eigenvalue weighted by Crippen LogP contribution is 2.32. The van der Waals surface area contributed by atoms with Crippen LogP contribution in [0.25, 0.3) is 11.1 Å². The van der Waals surface area contributed by atoms with E-state index in [1.807, 2.05) is 51.1 Å². The van der Waals surface area contributed by atoms with Crippen LogP contribution in [0.2, 0.25) is 0 Å². The zero-order valence-corrected chi connectivity index (χ0v) is 30.6. The van der Waals surface area contributed by atoms with Gasteiger partial charge in [0, 0.05) is 66.5 Å². The Bertz CT molecular complexity index is 1810. The van der Waals surface area contributed by atoms with Gasteiger partial charge in [0.2, 0.25) is 5.91 Å². The van der Waals surface area contributed by atoms with Crippen LogP contribution in [0.15, 0.2) is 76.0 Å². The lowest BCUT2D eigenvalue weighted by molar-refractivity contribution is -0.129. The maximum absolute atomic E-state index is 15.7. The highest BCUT2D eigenvalue weighted by atomic mass is 19.1. The molecule has 3 aliphatic rings. The van der Waals surface area contributed by atoms with Crippen molar-refractivity contribution in [3.05, 3.63) is 77.7 Å². The van der Waals surface area contributed by atoms with Gasteiger partial charge in [-0.05, 0) is 107 Å². The summed E-state index contributed by atoms with van der Waals surface area (Å²) in [6.45, 7) is 9.07. The predicted octanol–water partition coefficient (Wildman–Crippen LogP) is 6.98. The predicted molar refractivity (Wildman–Crippen MR) is 200 cm³/mol. The number of amides is 2. The van der Waals surface area contributed by atoms with E-state index in [4.69, 9.17) is 9.47 Å². The fourth-order valence-electron chi connectivity index (χ4n) is 6.95. The van der Waals surface area contributed by atoms with Gasteiger partial charge in [0.05, 0.1) is 13.2 Å². The number of ether oxygens (including phenoxy) is 2. The van der Waals surface area contributed by atoms with Crippen molar-refractivity contribution in [2.45, 2.75) is 64.9 Å². The molecule has 13 heteroatoms. The number of ketones is 1. The summed E-state index contributed by atoms with van der Waals surface area (Å²) in [4.78, 5) is 50.6. The van der Waals surface area contributed by atoms with E-state index in [0.29, 0.717) is 67.5 Å². The molecule has 2 amide bonds. The number of carbonyl (C=O) groups is 3. The Morgan fingerprint density at radius 1 is 0.981 bits per heavy atom. The molecule has 1 atom stereocenters. The van der Waals surface area contributed by atoms with Crippen molar-refractivity contribution in [2.75, 3.05) is 49.7 Å². The number of rotatable bonds is 12. The van der Waals surface area contributed by atoms with Crippen molar-refractivity contribution in [1.29, 1.82) is 0 Å². The molecule has 0 bridgehead atoms. The fourth-order valence-corrected chi connectivity index (χ4v) is 6.95. The van der Waals surface area contributed by atoms with Crippen LogP contribution < -0.4 is 15.5 Å². The molecule has 1 aromatic heterocycles. The number of nitrogens with one attached hydrogen (secondary N) is 2. The average Bonchev–Trinajstić information content (AvgIpc) is 3.69. The maximum Gasteiger partial charge on any atom is 0.407 e. The molecule has 3 aromatic rings. The number of hydrogen-bond donors (Lipinski definition) is 2. The number of halogens is 1. The monoisotopic (exact) mass is 725 g/mol. The third-order valence-corrected chi connectivity index (χ3v) is 9.82. The van der Waals surface area contributed by atoms with Crippen molar-refractivity contribution in [3.63, 3.8) is 0 Å². The minimum Gasteiger partial charge on any atom is -0.444 e. The molecular formula is C40H48FN7O5. The molecule has 0 spiro atoms. The van der Waals surface area contributed by atoms with Crippen LogP contribution in [0.3, 0.4) is 0 Å². The normalized spacial score (nSPS) is 19.3. The van der Waals surface area contributed by atoms with Crippen LogP contribution in [0.4, 0.5) is 20.7 Å². The molecule has 2 N–H and O–H groups in total. The van der Waals surface area contributed by atoms with E-state index in [0.717, 1.165) is 37.3 Å². The lowest BCUT2D eigenvalue weighted by atomic mass is 9.77. The van der Waals surface area contributed by atoms with E-state index in [1.165, 1.54) is 6.07 Å². The SMILES string of the molecule is CC(C)(C)OC(=O)NCC1CCC(C(=O)C[C@@H](Cc2ccc(-c3ccc(N4CCOCC4)nc3)c(F)c2)C(=O)Nc2ccc(C3=NCN=N3)cc2)CC1. The molecule has 2 aromatic carbocycles. The number of nitrogens with zero attached hydrogens (tertiary/aromatic N) is 5. The number of Topliss-reactive ketones (excluding diaryl/α,β-unsaturated/α-hetero) is 1. The number of morpholine rings is 1. The van der Waals surface area contributed by atoms with E-state index in [9.17, 15) is 14.4 Å². The molecular weight excluding hydrogens is 677 g/mol. The second kappa shape index (κ2) is 17.2. The van der Waals surface area contributed by atoms with Crippen molar-refractivity contribution in [2.24, 2.45) is 33.0 Å². The van der Waals surface area contributed by atoms with Gasteiger partial charge < -0.3 is 25.0 Å². The van der Waals surface area contributed by atoms with Crippen LogP contribution in [0, 0.1) is 23.6 Å². The van der Waals surface area contributed by atoms with Gasteiger partial charge >= 0.3 is 6.09 Å². The largest absolute Gasteiger partial charge is 0.444 e. The highest BCUT2D eigenvalue weighted by molar-refractivity contribution is 6.01. The summed E-state index contributed by atoms with van der Waals surface area (Å²) in [6, 6.07) is 15.9. The Balaban J connectivity index is 1.11. The summed E-state index contributed by atoms with van der Waals surface area (Å²) in [7, 11) is 0. The number of anilines is 2. The second-order valence-electron chi connectivity index (χ2n) is 14.9. The summed E-state index contributed by atoms with van der Waals surface area (Å²) < 4.78 is 26.4. The molecule has 12 nitrogen and oxygen atoms in total. The van der Waals surface area contributed by atoms with Crippen LogP contribution in [0.5, 0.6) is 0 Å². The summed E-state index contributed by atoms with van der Waals surface area (Å²) in [5.74, 6) is -0.00892. The number of pyridine rings is 1. The quantitative estimate of drug-likeness (QED) is 0.205. The van der Waals surface area contributed by atoms with Crippen molar-refractivity contribution >= 4 is 35.1 Å². The first kappa shape index (κ1) is 37.7. The summed E-state index contributed by atoms with van der Waals surface area (Å²) in [5.41, 5.74) is 2.47. The van der Waals surface area contributed by atoms with Gasteiger partial charge in [-0.3, -0.25) is 9.59 Å². The van der Waals surface area contributed by atoms with Gasteiger partial charge in [-0.15, -0.1) is 5.11 Å². The minimum absolute atomic E-state index is 0.0205. The van der Waals surface area contributed by atoms with Gasteiger partial charge in [0.1, 0.15) is 23.0 Å². The maximum atomic E-state index is 15.7. The third-order valence-electron chi connectivity index (χ3n) is 9.82. The van der Waals surface area contributed by atoms with Crippen LogP contribution in [-0.4, -0.2) is 73.7 Å². The first-order valence-corrected chi connectivity index (χ1v) is 18.4. The number of carbonyl (C=O) groups excluding carboxylic acids is 3. The summed E-state index contributed by atoms with van der Waals surface area (Å²) >= 11 is 0. The number of aromatic nitrogens is 1. The van der Waals surface area contributed by atoms with E-state index < -0.39 is 23.4 Å². The number of aliphatic imine (C=N–C) groups is 1. The molecule has 6 rings (SSSR count). The van der Waals surface area contributed by atoms with Crippen molar-refractivity contribution in [3.8, 4) is 11.1 Å². The number of azo groups is 1. The number of alkyl carbamates (subject to hydrolysis) is 1. The topological polar surface area (TPSA) is 147 Å².